The number of hydrogen-bond acceptors (Lipinski definition) is 22. The minimum Gasteiger partial charge on any atom is -0.497 e. The van der Waals surface area contributed by atoms with Crippen LogP contribution in [0.5, 0.6) is 40.2 Å². The zero-order valence-electron chi connectivity index (χ0n) is 72.5. The minimum absolute atomic E-state index is 0.0132. The fourth-order valence-corrected chi connectivity index (χ4v) is 12.9. The Morgan fingerprint density at radius 1 is 0.283 bits per heavy atom. The van der Waals surface area contributed by atoms with E-state index in [2.05, 4.69) is 61.0 Å². The van der Waals surface area contributed by atoms with Crippen LogP contribution in [0.2, 0.25) is 0 Å². The van der Waals surface area contributed by atoms with Crippen molar-refractivity contribution in [2.75, 3.05) is 61.1 Å². The zero-order valence-corrected chi connectivity index (χ0v) is 72.5. The molecule has 0 aliphatic heterocycles. The third-order valence-electron chi connectivity index (χ3n) is 19.2. The molecule has 5 aromatic heterocycles. The topological polar surface area (TPSA) is 376 Å². The van der Waals surface area contributed by atoms with Crippen molar-refractivity contribution < 1.29 is 135 Å². The molecule has 0 fully saturated rings. The predicted molar refractivity (Wildman–Crippen MR) is 487 cm³/mol. The lowest BCUT2D eigenvalue weighted by atomic mass is 10.0. The first-order chi connectivity index (χ1) is 66.0. The molecule has 39 heteroatoms. The second kappa shape index (κ2) is 46.4. The Balaban J connectivity index is 0.000000166. The predicted octanol–water partition coefficient (Wildman–Crippen LogP) is 24.4. The molecule has 0 saturated heterocycles. The highest BCUT2D eigenvalue weighted by Crippen LogP contribution is 2.42. The molecule has 10 aromatic carbocycles. The molecular weight excluding hydrogens is 1830 g/mol. The lowest BCUT2D eigenvalue weighted by Crippen LogP contribution is -2.18. The molecule has 15 rings (SSSR count). The molecular formula is C99H76F12N10O17. The van der Waals surface area contributed by atoms with E-state index in [1.807, 2.05) is 13.8 Å². The van der Waals surface area contributed by atoms with E-state index in [1.165, 1.54) is 162 Å². The highest BCUT2D eigenvalue weighted by atomic mass is 19.4. The van der Waals surface area contributed by atoms with Gasteiger partial charge in [-0.2, -0.15) is 0 Å². The molecule has 138 heavy (non-hydrogen) atoms. The maximum Gasteiger partial charge on any atom is 0.573 e. The Bertz CT molecular complexity index is 6930. The van der Waals surface area contributed by atoms with Gasteiger partial charge in [0.25, 0.3) is 0 Å². The number of carboxylic acids is 5. The van der Waals surface area contributed by atoms with Crippen LogP contribution in [0.3, 0.4) is 0 Å². The summed E-state index contributed by atoms with van der Waals surface area (Å²) in [5, 5.41) is 58.9. The van der Waals surface area contributed by atoms with Crippen LogP contribution in [0, 0.1) is 34.9 Å². The fourth-order valence-electron chi connectivity index (χ4n) is 12.9. The van der Waals surface area contributed by atoms with Gasteiger partial charge in [0.1, 0.15) is 109 Å². The quantitative estimate of drug-likeness (QED) is 0.0195. The van der Waals surface area contributed by atoms with Crippen molar-refractivity contribution >= 4 is 87.4 Å². The molecule has 708 valence electrons. The van der Waals surface area contributed by atoms with Gasteiger partial charge >= 0.3 is 42.6 Å². The molecule has 27 nitrogen and oxygen atoms in total. The lowest BCUT2D eigenvalue weighted by molar-refractivity contribution is -0.275. The van der Waals surface area contributed by atoms with E-state index in [-0.39, 0.29) is 108 Å². The summed E-state index contributed by atoms with van der Waals surface area (Å²) in [6.45, 7) is 4.56. The largest absolute Gasteiger partial charge is 0.573 e. The summed E-state index contributed by atoms with van der Waals surface area (Å²) in [6, 6.07) is 61.7. The molecule has 10 N–H and O–H groups in total. The van der Waals surface area contributed by atoms with Crippen LogP contribution in [-0.4, -0.2) is 128 Å². The van der Waals surface area contributed by atoms with Crippen molar-refractivity contribution in [1.82, 2.24) is 24.9 Å². The number of ether oxygens (including phenoxy) is 7. The Morgan fingerprint density at radius 2 is 0.572 bits per heavy atom. The van der Waals surface area contributed by atoms with Gasteiger partial charge in [-0.3, -0.25) is 0 Å². The number of alkyl halides is 6. The maximum absolute atomic E-state index is 14.6. The van der Waals surface area contributed by atoms with Gasteiger partial charge in [-0.1, -0.05) is 78.9 Å². The summed E-state index contributed by atoms with van der Waals surface area (Å²) < 4.78 is 199. The van der Waals surface area contributed by atoms with Gasteiger partial charge in [0.15, 0.2) is 23.1 Å². The number of methoxy groups -OCH3 is 3. The smallest absolute Gasteiger partial charge is 0.497 e. The molecule has 15 aromatic rings. The molecule has 5 heterocycles. The number of hydrogen-bond donors (Lipinski definition) is 10. The second-order valence-electron chi connectivity index (χ2n) is 28.2. The lowest BCUT2D eigenvalue weighted by Gasteiger charge is -2.17. The summed E-state index contributed by atoms with van der Waals surface area (Å²) in [7, 11) is 4.32. The Labute approximate surface area is 776 Å². The van der Waals surface area contributed by atoms with Crippen LogP contribution in [0.1, 0.15) is 65.6 Å². The number of aromatic carboxylic acids is 5. The average molecular weight is 1910 g/mol. The molecule has 0 atom stereocenters. The van der Waals surface area contributed by atoms with E-state index in [4.69, 9.17) is 33.9 Å². The van der Waals surface area contributed by atoms with Crippen LogP contribution in [0.4, 0.5) is 110 Å². The minimum atomic E-state index is -4.94. The van der Waals surface area contributed by atoms with E-state index in [0.29, 0.717) is 75.2 Å². The SMILES string of the molecule is CCOc1cccc(-c2cc(F)c(Nc3ncccc3C(=O)O)cc2F)c1.CCOc1cccc(-c2ccc(Nc3ncccc3C(=O)O)c(OC(F)(F)F)c2)c1.COc1cccc(-c2cc(F)c(Nc3ncccc3C(=O)O)cc2F)c1.COc1cccc(-c2ccc(Nc3ncccc3C(=O)O)c(F)c2)c1F.COc1cccc(-c2ccc(Nc3ncccc3C(=O)O)c(OC(F)(F)F)c2)c1. The van der Waals surface area contributed by atoms with E-state index >= 15 is 0 Å². The normalized spacial score (nSPS) is 10.7. The monoisotopic (exact) mass is 1900 g/mol. The summed E-state index contributed by atoms with van der Waals surface area (Å²) in [5.41, 5.74) is 2.39. The number of carboxylic acid groups (broad SMARTS) is 5. The summed E-state index contributed by atoms with van der Waals surface area (Å²) in [4.78, 5) is 75.8. The van der Waals surface area contributed by atoms with E-state index in [0.717, 1.165) is 30.3 Å². The van der Waals surface area contributed by atoms with Crippen LogP contribution in [0.15, 0.2) is 286 Å². The van der Waals surface area contributed by atoms with Crippen molar-refractivity contribution in [2.24, 2.45) is 0 Å². The highest BCUT2D eigenvalue weighted by Gasteiger charge is 2.35. The van der Waals surface area contributed by atoms with Gasteiger partial charge in [-0.15, -0.1) is 26.3 Å². The third kappa shape index (κ3) is 27.2. The number of carbonyl (C=O) groups is 5. The van der Waals surface area contributed by atoms with E-state index in [1.54, 1.807) is 115 Å². The Morgan fingerprint density at radius 3 is 0.913 bits per heavy atom. The average Bonchev–Trinajstić information content (AvgIpc) is 0.821. The fraction of sp³-hybridized carbons (Fsp3) is 0.0909. The van der Waals surface area contributed by atoms with Crippen molar-refractivity contribution in [3.63, 3.8) is 0 Å². The molecule has 0 unspecified atom stereocenters. The van der Waals surface area contributed by atoms with Crippen molar-refractivity contribution in [3.8, 4) is 95.9 Å². The standard InChI is InChI=1S/C21H17F3N2O4.C20H15F3N2O4.C20H16F2N2O3.2C19H14F2N2O3/c1-2-29-15-6-3-5-13(11-15)14-8-9-17(18(12-14)30-21(22,23)24)26-19-16(20(27)28)7-4-10-25-19;1-28-14-5-2-4-12(10-14)13-7-8-16(17(11-13)29-20(21,22)23)25-18-15(19(26)27)6-3-9-24-18;1-2-27-13-6-3-5-12(9-13)15-10-17(22)18(11-16(15)21)24-19-14(20(25)26)7-4-8-23-19;1-26-16-6-2-4-12(17(16)21)11-7-8-15(14(20)10-11)23-18-13(19(24)25)5-3-9-22-18;1-26-12-5-2-4-11(8-12)14-9-16(21)17(10-15(14)20)23-18-13(19(24)25)6-3-7-22-18/h3-12H,2H2,1H3,(H,25,26)(H,27,28);2-11H,1H3,(H,24,25)(H,26,27);3-11H,2H2,1H3,(H,23,24)(H,25,26);2*2-10H,1H3,(H,22,23)(H,24,25). The van der Waals surface area contributed by atoms with Crippen molar-refractivity contribution in [1.29, 1.82) is 0 Å². The third-order valence-corrected chi connectivity index (χ3v) is 19.2. The van der Waals surface area contributed by atoms with Crippen molar-refractivity contribution in [2.45, 2.75) is 26.6 Å². The first kappa shape index (κ1) is 101. The molecule has 0 radical (unpaired) electrons. The summed E-state index contributed by atoms with van der Waals surface area (Å²) in [5.74, 6) is -9.42. The highest BCUT2D eigenvalue weighted by molar-refractivity contribution is 5.97. The number of halogens is 12. The summed E-state index contributed by atoms with van der Waals surface area (Å²) in [6.07, 6.45) is -3.13. The number of pyridine rings is 5. The second-order valence-corrected chi connectivity index (χ2v) is 28.2. The van der Waals surface area contributed by atoms with Gasteiger partial charge in [0.2, 0.25) is 0 Å². The Hall–Kier alpha value is -17.9. The maximum atomic E-state index is 14.6. The van der Waals surface area contributed by atoms with Gasteiger partial charge < -0.3 is 85.3 Å². The number of nitrogens with one attached hydrogen (secondary N) is 5. The number of rotatable bonds is 29. The van der Waals surface area contributed by atoms with Crippen molar-refractivity contribution in [3.05, 3.63) is 348 Å². The number of aromatic nitrogens is 5. The zero-order chi connectivity index (χ0) is 99.5. The van der Waals surface area contributed by atoms with Crippen LogP contribution >= 0.6 is 0 Å². The van der Waals surface area contributed by atoms with E-state index in [9.17, 15) is 92.0 Å². The van der Waals surface area contributed by atoms with Crippen LogP contribution < -0.4 is 59.7 Å². The van der Waals surface area contributed by atoms with Gasteiger partial charge in [0, 0.05) is 59.8 Å². The van der Waals surface area contributed by atoms with Gasteiger partial charge in [-0.05, 0) is 217 Å². The van der Waals surface area contributed by atoms with Gasteiger partial charge in [-0.25, -0.2) is 75.2 Å². The van der Waals surface area contributed by atoms with Crippen LogP contribution in [-0.2, 0) is 0 Å². The molecule has 0 amide bonds. The number of benzene rings is 10. The number of anilines is 10. The molecule has 0 aliphatic rings. The molecule has 0 aliphatic carbocycles. The summed E-state index contributed by atoms with van der Waals surface area (Å²) >= 11 is 0. The van der Waals surface area contributed by atoms with Crippen LogP contribution in [0.25, 0.3) is 55.6 Å². The Kier molecular flexibility index (Phi) is 33.8. The molecule has 0 bridgehead atoms. The first-order valence-corrected chi connectivity index (χ1v) is 40.4. The van der Waals surface area contributed by atoms with E-state index < -0.39 is 89.0 Å². The number of nitrogens with zero attached hydrogens (tertiary/aromatic N) is 5. The first-order valence-electron chi connectivity index (χ1n) is 40.4. The van der Waals surface area contributed by atoms with Gasteiger partial charge in [0.05, 0.1) is 63.0 Å². The molecule has 0 spiro atoms. The molecule has 0 saturated carbocycles.